The molecule has 5 rings (SSSR count). The van der Waals surface area contributed by atoms with Gasteiger partial charge in [0.25, 0.3) is 0 Å². The summed E-state index contributed by atoms with van der Waals surface area (Å²) in [4.78, 5) is 9.51. The van der Waals surface area contributed by atoms with Crippen molar-refractivity contribution >= 4 is 43.4 Å². The molecule has 27 heavy (non-hydrogen) atoms. The summed E-state index contributed by atoms with van der Waals surface area (Å²) in [7, 11) is 0. The quantitative estimate of drug-likeness (QED) is 0.540. The Morgan fingerprint density at radius 3 is 2.74 bits per heavy atom. The van der Waals surface area contributed by atoms with Crippen molar-refractivity contribution in [3.05, 3.63) is 39.4 Å². The summed E-state index contributed by atoms with van der Waals surface area (Å²) in [5.74, 6) is 2.55. The molecule has 0 saturated carbocycles. The standard InChI is InChI=1S/C20H21Br2N3O2/c21-13-3-4-17-18(7-13)27-19-8-14(22)10-23-20(19)25(17)6-2-1-5-24-11-16-9-15(24)12-26-16/h3-4,7-8,10,15-16H,1-2,5-6,9,11-12H2/t15-,16-/m1/s1. The SMILES string of the molecule is Brc1ccc2c(c1)Oc1cc(Br)cnc1N2CCCCN1C[C@H]2C[C@@H]1CO2. The van der Waals surface area contributed by atoms with Crippen LogP contribution in [-0.4, -0.2) is 48.3 Å². The van der Waals surface area contributed by atoms with Crippen LogP contribution in [-0.2, 0) is 4.74 Å². The third-order valence-electron chi connectivity index (χ3n) is 5.58. The topological polar surface area (TPSA) is 37.8 Å². The van der Waals surface area contributed by atoms with Gasteiger partial charge in [0.2, 0.25) is 0 Å². The van der Waals surface area contributed by atoms with E-state index in [2.05, 4.69) is 58.8 Å². The molecule has 2 saturated heterocycles. The first-order valence-corrected chi connectivity index (χ1v) is 11.0. The second kappa shape index (κ2) is 7.35. The second-order valence-corrected chi connectivity index (χ2v) is 9.22. The Bertz CT molecular complexity index is 812. The number of pyridine rings is 1. The van der Waals surface area contributed by atoms with E-state index in [4.69, 9.17) is 9.47 Å². The van der Waals surface area contributed by atoms with E-state index in [1.165, 1.54) is 12.8 Å². The number of morpholine rings is 1. The Kier molecular flexibility index (Phi) is 4.88. The maximum absolute atomic E-state index is 6.10. The number of halogens is 2. The van der Waals surface area contributed by atoms with Gasteiger partial charge >= 0.3 is 0 Å². The van der Waals surface area contributed by atoms with E-state index < -0.39 is 0 Å². The fourth-order valence-corrected chi connectivity index (χ4v) is 4.93. The van der Waals surface area contributed by atoms with Crippen molar-refractivity contribution in [3.8, 4) is 11.5 Å². The second-order valence-electron chi connectivity index (χ2n) is 7.39. The van der Waals surface area contributed by atoms with Crippen molar-refractivity contribution in [1.82, 2.24) is 9.88 Å². The van der Waals surface area contributed by atoms with Gasteiger partial charge in [-0.3, -0.25) is 4.90 Å². The number of likely N-dealkylation sites (tertiary alicyclic amines) is 1. The number of benzene rings is 1. The smallest absolute Gasteiger partial charge is 0.176 e. The van der Waals surface area contributed by atoms with E-state index in [1.54, 1.807) is 0 Å². The van der Waals surface area contributed by atoms with Crippen LogP contribution >= 0.6 is 31.9 Å². The van der Waals surface area contributed by atoms with Crippen LogP contribution in [0.3, 0.4) is 0 Å². The molecule has 2 fully saturated rings. The molecule has 142 valence electrons. The molecule has 1 aromatic carbocycles. The number of aromatic nitrogens is 1. The average molecular weight is 495 g/mol. The van der Waals surface area contributed by atoms with Gasteiger partial charge in [0.1, 0.15) is 0 Å². The number of rotatable bonds is 5. The summed E-state index contributed by atoms with van der Waals surface area (Å²) in [5.41, 5.74) is 1.08. The zero-order chi connectivity index (χ0) is 18.4. The van der Waals surface area contributed by atoms with Crippen molar-refractivity contribution in [1.29, 1.82) is 0 Å². The molecule has 2 aromatic rings. The lowest BCUT2D eigenvalue weighted by Gasteiger charge is -2.32. The van der Waals surface area contributed by atoms with Crippen molar-refractivity contribution in [2.75, 3.05) is 31.1 Å². The number of unbranched alkanes of at least 4 members (excludes halogenated alkanes) is 1. The minimum Gasteiger partial charge on any atom is -0.451 e. The highest BCUT2D eigenvalue weighted by molar-refractivity contribution is 9.10. The predicted molar refractivity (Wildman–Crippen MR) is 112 cm³/mol. The largest absolute Gasteiger partial charge is 0.451 e. The fourth-order valence-electron chi connectivity index (χ4n) is 4.28. The number of anilines is 2. The first-order valence-electron chi connectivity index (χ1n) is 9.43. The van der Waals surface area contributed by atoms with Gasteiger partial charge in [-0.1, -0.05) is 15.9 Å². The lowest BCUT2D eigenvalue weighted by atomic mass is 10.2. The van der Waals surface area contributed by atoms with Crippen LogP contribution in [0.2, 0.25) is 0 Å². The van der Waals surface area contributed by atoms with Gasteiger partial charge in [0.15, 0.2) is 17.3 Å². The van der Waals surface area contributed by atoms with E-state index in [9.17, 15) is 0 Å². The highest BCUT2D eigenvalue weighted by atomic mass is 79.9. The van der Waals surface area contributed by atoms with Gasteiger partial charge in [-0.25, -0.2) is 4.98 Å². The molecule has 3 aliphatic rings. The van der Waals surface area contributed by atoms with Gasteiger partial charge < -0.3 is 14.4 Å². The van der Waals surface area contributed by atoms with Gasteiger partial charge in [-0.15, -0.1) is 0 Å². The summed E-state index contributed by atoms with van der Waals surface area (Å²) in [6.07, 6.45) is 5.83. The summed E-state index contributed by atoms with van der Waals surface area (Å²) in [5, 5.41) is 0. The van der Waals surface area contributed by atoms with Crippen LogP contribution in [0.1, 0.15) is 19.3 Å². The number of hydrogen-bond acceptors (Lipinski definition) is 5. The third-order valence-corrected chi connectivity index (χ3v) is 6.51. The molecule has 5 nitrogen and oxygen atoms in total. The lowest BCUT2D eigenvalue weighted by Crippen LogP contribution is -2.37. The minimum absolute atomic E-state index is 0.481. The van der Waals surface area contributed by atoms with Crippen LogP contribution in [0.15, 0.2) is 39.4 Å². The molecule has 0 aliphatic carbocycles. The molecule has 7 heteroatoms. The van der Waals surface area contributed by atoms with Crippen LogP contribution in [0.5, 0.6) is 11.5 Å². The van der Waals surface area contributed by atoms with Crippen LogP contribution in [0, 0.1) is 0 Å². The van der Waals surface area contributed by atoms with Crippen molar-refractivity contribution in [2.45, 2.75) is 31.4 Å². The molecule has 2 atom stereocenters. The van der Waals surface area contributed by atoms with Gasteiger partial charge in [-0.05, 0) is 59.9 Å². The number of hydrogen-bond donors (Lipinski definition) is 0. The molecule has 0 radical (unpaired) electrons. The normalized spacial score (nSPS) is 23.3. The first kappa shape index (κ1) is 17.9. The molecule has 0 amide bonds. The van der Waals surface area contributed by atoms with Crippen molar-refractivity contribution < 1.29 is 9.47 Å². The molecule has 0 spiro atoms. The molecule has 2 bridgehead atoms. The zero-order valence-corrected chi connectivity index (χ0v) is 18.1. The number of fused-ring (bicyclic) bond motifs is 4. The molecule has 3 aliphatic heterocycles. The van der Waals surface area contributed by atoms with E-state index >= 15 is 0 Å². The highest BCUT2D eigenvalue weighted by Crippen LogP contribution is 2.47. The number of nitrogens with zero attached hydrogens (tertiary/aromatic N) is 3. The van der Waals surface area contributed by atoms with Crippen molar-refractivity contribution in [3.63, 3.8) is 0 Å². The zero-order valence-electron chi connectivity index (χ0n) is 14.9. The molecular formula is C20H21Br2N3O2. The maximum atomic E-state index is 6.10. The lowest BCUT2D eigenvalue weighted by molar-refractivity contribution is 0.0301. The van der Waals surface area contributed by atoms with E-state index in [0.717, 1.165) is 64.6 Å². The van der Waals surface area contributed by atoms with Crippen LogP contribution in [0.25, 0.3) is 0 Å². The van der Waals surface area contributed by atoms with E-state index in [0.29, 0.717) is 12.1 Å². The van der Waals surface area contributed by atoms with E-state index in [-0.39, 0.29) is 0 Å². The summed E-state index contributed by atoms with van der Waals surface area (Å²) in [6.45, 7) is 4.11. The maximum Gasteiger partial charge on any atom is 0.176 e. The Balaban J connectivity index is 1.29. The highest BCUT2D eigenvalue weighted by Gasteiger charge is 2.38. The molecular weight excluding hydrogens is 474 g/mol. The Morgan fingerprint density at radius 1 is 1.07 bits per heavy atom. The first-order chi connectivity index (χ1) is 13.2. The van der Waals surface area contributed by atoms with Crippen LogP contribution < -0.4 is 9.64 Å². The predicted octanol–water partition coefficient (Wildman–Crippen LogP) is 5.10. The fraction of sp³-hybridized carbons (Fsp3) is 0.450. The molecule has 4 heterocycles. The summed E-state index contributed by atoms with van der Waals surface area (Å²) >= 11 is 7.04. The Morgan fingerprint density at radius 2 is 1.93 bits per heavy atom. The monoisotopic (exact) mass is 493 g/mol. The van der Waals surface area contributed by atoms with Gasteiger partial charge in [-0.2, -0.15) is 0 Å². The van der Waals surface area contributed by atoms with Crippen molar-refractivity contribution in [2.24, 2.45) is 0 Å². The summed E-state index contributed by atoms with van der Waals surface area (Å²) < 4.78 is 13.7. The third kappa shape index (κ3) is 3.50. The Labute approximate surface area is 175 Å². The minimum atomic E-state index is 0.481. The average Bonchev–Trinajstić information content (AvgIpc) is 3.27. The molecule has 1 aromatic heterocycles. The molecule has 0 unspecified atom stereocenters. The van der Waals surface area contributed by atoms with Gasteiger partial charge in [0.05, 0.1) is 18.4 Å². The molecule has 0 N–H and O–H groups in total. The Hall–Kier alpha value is -1.15. The number of ether oxygens (including phenoxy) is 2. The van der Waals surface area contributed by atoms with Crippen LogP contribution in [0.4, 0.5) is 11.5 Å². The van der Waals surface area contributed by atoms with Gasteiger partial charge in [0, 0.05) is 40.3 Å². The van der Waals surface area contributed by atoms with E-state index in [1.807, 2.05) is 18.3 Å². The summed E-state index contributed by atoms with van der Waals surface area (Å²) in [6, 6.07) is 8.81.